The van der Waals surface area contributed by atoms with Crippen molar-refractivity contribution in [2.24, 2.45) is 29.1 Å². The number of nitrogens with one attached hydrogen (secondary N) is 1. The number of carbonyl (C=O) groups is 2. The van der Waals surface area contributed by atoms with Crippen molar-refractivity contribution in [2.75, 3.05) is 12.4 Å². The lowest BCUT2D eigenvalue weighted by atomic mass is 9.78. The zero-order valence-electron chi connectivity index (χ0n) is 13.0. The van der Waals surface area contributed by atoms with E-state index in [9.17, 15) is 9.59 Å². The smallest absolute Gasteiger partial charge is 0.309 e. The molecule has 1 amide bonds. The van der Waals surface area contributed by atoms with Gasteiger partial charge in [-0.1, -0.05) is 15.9 Å². The van der Waals surface area contributed by atoms with Crippen molar-refractivity contribution >= 4 is 33.5 Å². The lowest BCUT2D eigenvalue weighted by Gasteiger charge is -2.27. The summed E-state index contributed by atoms with van der Waals surface area (Å²) in [6, 6.07) is 7.54. The van der Waals surface area contributed by atoms with Gasteiger partial charge in [0.15, 0.2) is 0 Å². The summed E-state index contributed by atoms with van der Waals surface area (Å²) < 4.78 is 6.00. The van der Waals surface area contributed by atoms with Crippen LogP contribution < -0.4 is 5.32 Å². The number of rotatable bonds is 3. The number of benzene rings is 1. The van der Waals surface area contributed by atoms with E-state index in [0.29, 0.717) is 11.8 Å². The molecule has 0 radical (unpaired) electrons. The fourth-order valence-electron chi connectivity index (χ4n) is 5.22. The number of carbonyl (C=O) groups excluding carboxylic acids is 2. The molecule has 5 heteroatoms. The van der Waals surface area contributed by atoms with Crippen LogP contribution in [0.15, 0.2) is 28.7 Å². The van der Waals surface area contributed by atoms with E-state index >= 15 is 0 Å². The monoisotopic (exact) mass is 377 g/mol. The molecule has 2 bridgehead atoms. The Kier molecular flexibility index (Phi) is 3.52. The molecule has 3 fully saturated rings. The molecule has 1 aromatic carbocycles. The Hall–Kier alpha value is -1.36. The van der Waals surface area contributed by atoms with Gasteiger partial charge < -0.3 is 10.1 Å². The van der Waals surface area contributed by atoms with Crippen LogP contribution >= 0.6 is 15.9 Å². The van der Waals surface area contributed by atoms with Crippen LogP contribution in [0.3, 0.4) is 0 Å². The van der Waals surface area contributed by atoms with Crippen molar-refractivity contribution in [3.8, 4) is 0 Å². The summed E-state index contributed by atoms with van der Waals surface area (Å²) in [6.45, 7) is 0. The van der Waals surface area contributed by atoms with Gasteiger partial charge in [-0.15, -0.1) is 0 Å². The van der Waals surface area contributed by atoms with Gasteiger partial charge in [-0.3, -0.25) is 9.59 Å². The van der Waals surface area contributed by atoms with Gasteiger partial charge in [-0.25, -0.2) is 0 Å². The number of ether oxygens (including phenoxy) is 1. The highest BCUT2D eigenvalue weighted by Crippen LogP contribution is 2.74. The second kappa shape index (κ2) is 5.33. The van der Waals surface area contributed by atoms with Crippen LogP contribution in [-0.4, -0.2) is 19.0 Å². The van der Waals surface area contributed by atoms with Gasteiger partial charge in [0, 0.05) is 10.2 Å². The molecule has 1 spiro atoms. The first kappa shape index (κ1) is 15.2. The summed E-state index contributed by atoms with van der Waals surface area (Å²) in [5, 5.41) is 3.00. The topological polar surface area (TPSA) is 55.4 Å². The summed E-state index contributed by atoms with van der Waals surface area (Å²) >= 11 is 3.39. The molecule has 4 atom stereocenters. The maximum Gasteiger partial charge on any atom is 0.309 e. The van der Waals surface area contributed by atoms with Gasteiger partial charge in [0.2, 0.25) is 5.91 Å². The Morgan fingerprint density at radius 1 is 1.13 bits per heavy atom. The van der Waals surface area contributed by atoms with Gasteiger partial charge in [-0.05, 0) is 67.2 Å². The quantitative estimate of drug-likeness (QED) is 0.818. The minimum absolute atomic E-state index is 0.0267. The molecule has 0 aliphatic heterocycles. The third-order valence-electron chi connectivity index (χ3n) is 6.23. The predicted octanol–water partition coefficient (Wildman–Crippen LogP) is 3.61. The molecule has 0 heterocycles. The van der Waals surface area contributed by atoms with Crippen LogP contribution in [0, 0.1) is 29.1 Å². The first-order chi connectivity index (χ1) is 11.1. The zero-order valence-corrected chi connectivity index (χ0v) is 14.6. The summed E-state index contributed by atoms with van der Waals surface area (Å²) in [5.74, 6) is -0.0719. The first-order valence-corrected chi connectivity index (χ1v) is 9.00. The number of esters is 1. The molecule has 3 aliphatic rings. The molecule has 1 N–H and O–H groups in total. The van der Waals surface area contributed by atoms with Gasteiger partial charge in [0.05, 0.1) is 18.9 Å². The van der Waals surface area contributed by atoms with E-state index in [-0.39, 0.29) is 29.1 Å². The standard InChI is InChI=1S/C18H20BrNO3/c1-23-17(22)15-13-7-6-12(18(13)8-9-18)14(15)16(21)20-11-4-2-10(19)3-5-11/h2-5,12-15H,6-9H2,1H3,(H,20,21)/t12-,13+,14+,15+/m0/s1. The molecule has 0 saturated heterocycles. The maximum absolute atomic E-state index is 12.9. The third kappa shape index (κ3) is 2.24. The molecule has 122 valence electrons. The van der Waals surface area contributed by atoms with Crippen molar-refractivity contribution in [3.63, 3.8) is 0 Å². The summed E-state index contributed by atoms with van der Waals surface area (Å²) in [5.41, 5.74) is 1.02. The Labute approximate surface area is 144 Å². The molecule has 4 nitrogen and oxygen atoms in total. The van der Waals surface area contributed by atoms with Crippen LogP contribution in [0.1, 0.15) is 25.7 Å². The number of amides is 1. The summed E-state index contributed by atoms with van der Waals surface area (Å²) in [6.07, 6.45) is 4.46. The van der Waals surface area contributed by atoms with E-state index in [0.717, 1.165) is 35.8 Å². The molecule has 1 aromatic rings. The second-order valence-electron chi connectivity index (χ2n) is 7.09. The highest BCUT2D eigenvalue weighted by atomic mass is 79.9. The molecular weight excluding hydrogens is 358 g/mol. The van der Waals surface area contributed by atoms with Crippen LogP contribution in [0.2, 0.25) is 0 Å². The van der Waals surface area contributed by atoms with E-state index in [2.05, 4.69) is 21.2 Å². The number of anilines is 1. The molecule has 3 saturated carbocycles. The Morgan fingerprint density at radius 2 is 1.74 bits per heavy atom. The van der Waals surface area contributed by atoms with E-state index in [1.807, 2.05) is 24.3 Å². The molecule has 23 heavy (non-hydrogen) atoms. The number of halogens is 1. The molecule has 4 rings (SSSR count). The number of methoxy groups -OCH3 is 1. The van der Waals surface area contributed by atoms with Crippen molar-refractivity contribution in [3.05, 3.63) is 28.7 Å². The highest BCUT2D eigenvalue weighted by molar-refractivity contribution is 9.10. The zero-order chi connectivity index (χ0) is 16.2. The van der Waals surface area contributed by atoms with E-state index in [4.69, 9.17) is 4.74 Å². The second-order valence-corrected chi connectivity index (χ2v) is 8.01. The Morgan fingerprint density at radius 3 is 2.30 bits per heavy atom. The third-order valence-corrected chi connectivity index (χ3v) is 6.76. The molecule has 0 unspecified atom stereocenters. The molecular formula is C18H20BrNO3. The summed E-state index contributed by atoms with van der Waals surface area (Å²) in [7, 11) is 1.43. The van der Waals surface area contributed by atoms with Gasteiger partial charge in [0.1, 0.15) is 0 Å². The minimum Gasteiger partial charge on any atom is -0.469 e. The number of hydrogen-bond donors (Lipinski definition) is 1. The lowest BCUT2D eigenvalue weighted by molar-refractivity contribution is -0.151. The van der Waals surface area contributed by atoms with Gasteiger partial charge in [-0.2, -0.15) is 0 Å². The predicted molar refractivity (Wildman–Crippen MR) is 89.6 cm³/mol. The lowest BCUT2D eigenvalue weighted by Crippen LogP contribution is -2.38. The van der Waals surface area contributed by atoms with Crippen molar-refractivity contribution < 1.29 is 14.3 Å². The van der Waals surface area contributed by atoms with Gasteiger partial charge in [0.25, 0.3) is 0 Å². The summed E-state index contributed by atoms with van der Waals surface area (Å²) in [4.78, 5) is 25.2. The fourth-order valence-corrected chi connectivity index (χ4v) is 5.49. The largest absolute Gasteiger partial charge is 0.469 e. The van der Waals surface area contributed by atoms with E-state index in [1.165, 1.54) is 7.11 Å². The minimum atomic E-state index is -0.267. The van der Waals surface area contributed by atoms with Crippen molar-refractivity contribution in [1.82, 2.24) is 0 Å². The van der Waals surface area contributed by atoms with Crippen LogP contribution in [0.25, 0.3) is 0 Å². The average Bonchev–Trinajstić information content (AvgIpc) is 3.22. The molecule has 0 aromatic heterocycles. The highest BCUT2D eigenvalue weighted by Gasteiger charge is 2.71. The normalized spacial score (nSPS) is 32.8. The maximum atomic E-state index is 12.9. The fraction of sp³-hybridized carbons (Fsp3) is 0.556. The van der Waals surface area contributed by atoms with Crippen LogP contribution in [-0.2, 0) is 14.3 Å². The number of hydrogen-bond acceptors (Lipinski definition) is 3. The SMILES string of the molecule is COC(=O)[C@H]1[C@H](C(=O)Nc2ccc(Br)cc2)[C@@H]2CC[C@H]1C21CC1. The van der Waals surface area contributed by atoms with E-state index < -0.39 is 0 Å². The van der Waals surface area contributed by atoms with Crippen molar-refractivity contribution in [2.45, 2.75) is 25.7 Å². The Balaban J connectivity index is 1.59. The first-order valence-electron chi connectivity index (χ1n) is 8.21. The van der Waals surface area contributed by atoms with Crippen LogP contribution in [0.5, 0.6) is 0 Å². The molecule has 3 aliphatic carbocycles. The average molecular weight is 378 g/mol. The van der Waals surface area contributed by atoms with Crippen molar-refractivity contribution in [1.29, 1.82) is 0 Å². The van der Waals surface area contributed by atoms with Crippen LogP contribution in [0.4, 0.5) is 5.69 Å². The van der Waals surface area contributed by atoms with E-state index in [1.54, 1.807) is 0 Å². The Bertz CT molecular complexity index is 653. The van der Waals surface area contributed by atoms with Gasteiger partial charge >= 0.3 is 5.97 Å².